The van der Waals surface area contributed by atoms with Crippen molar-refractivity contribution in [2.45, 2.75) is 0 Å². The molecular formula is C12H6F5NO. The second-order valence-corrected chi connectivity index (χ2v) is 3.47. The zero-order chi connectivity index (χ0) is 14.0. The van der Waals surface area contributed by atoms with Gasteiger partial charge in [-0.25, -0.2) is 18.7 Å². The fourth-order valence-electron chi connectivity index (χ4n) is 1.29. The molecule has 100 valence electrons. The molecular weight excluding hydrogens is 269 g/mol. The van der Waals surface area contributed by atoms with Gasteiger partial charge in [0.15, 0.2) is 0 Å². The van der Waals surface area contributed by atoms with E-state index >= 15 is 0 Å². The van der Waals surface area contributed by atoms with Crippen LogP contribution >= 0.6 is 0 Å². The molecule has 0 atom stereocenters. The highest BCUT2D eigenvalue weighted by Crippen LogP contribution is 2.29. The molecule has 0 aromatic heterocycles. The highest BCUT2D eigenvalue weighted by atomic mass is 19.2. The lowest BCUT2D eigenvalue weighted by Crippen LogP contribution is -2.11. The smallest absolute Gasteiger partial charge is 0.232 e. The lowest BCUT2D eigenvalue weighted by atomic mass is 10.3. The first kappa shape index (κ1) is 13.1. The van der Waals surface area contributed by atoms with Crippen molar-refractivity contribution in [1.82, 2.24) is 0 Å². The molecule has 0 bridgehead atoms. The van der Waals surface area contributed by atoms with Crippen molar-refractivity contribution in [3.63, 3.8) is 0 Å². The molecule has 0 aliphatic heterocycles. The van der Waals surface area contributed by atoms with E-state index in [0.29, 0.717) is 0 Å². The molecule has 0 fully saturated rings. The number of hydrogen-bond acceptors (Lipinski definition) is 2. The molecule has 0 saturated carbocycles. The van der Waals surface area contributed by atoms with E-state index in [1.165, 1.54) is 12.1 Å². The van der Waals surface area contributed by atoms with Gasteiger partial charge in [0.25, 0.3) is 0 Å². The Morgan fingerprint density at radius 1 is 0.684 bits per heavy atom. The normalized spacial score (nSPS) is 10.4. The van der Waals surface area contributed by atoms with Crippen LogP contribution in [-0.2, 0) is 0 Å². The predicted molar refractivity (Wildman–Crippen MR) is 56.9 cm³/mol. The first-order valence-corrected chi connectivity index (χ1v) is 5.01. The third kappa shape index (κ3) is 2.44. The fourth-order valence-corrected chi connectivity index (χ4v) is 1.29. The zero-order valence-corrected chi connectivity index (χ0v) is 9.18. The number of hydrogen-bond donors (Lipinski definition) is 1. The number of halogens is 5. The first-order chi connectivity index (χ1) is 9.02. The van der Waals surface area contributed by atoms with Crippen LogP contribution in [0.3, 0.4) is 0 Å². The maximum Gasteiger partial charge on any atom is 0.232 e. The summed E-state index contributed by atoms with van der Waals surface area (Å²) in [6.45, 7) is 0. The van der Waals surface area contributed by atoms with Crippen molar-refractivity contribution >= 4 is 5.69 Å². The Labute approximate surface area is 104 Å². The van der Waals surface area contributed by atoms with Crippen LogP contribution in [0.15, 0.2) is 30.3 Å². The SMILES string of the molecule is Fc1c(F)c(F)c(ONc2ccccc2)c(F)c1F. The number of anilines is 1. The van der Waals surface area contributed by atoms with Crippen molar-refractivity contribution in [3.8, 4) is 5.75 Å². The van der Waals surface area contributed by atoms with E-state index in [1.54, 1.807) is 18.2 Å². The Balaban J connectivity index is 2.31. The molecule has 1 N–H and O–H groups in total. The van der Waals surface area contributed by atoms with Gasteiger partial charge in [-0.3, -0.25) is 0 Å². The van der Waals surface area contributed by atoms with Crippen LogP contribution in [0.2, 0.25) is 0 Å². The minimum atomic E-state index is -2.23. The third-order valence-corrected chi connectivity index (χ3v) is 2.21. The van der Waals surface area contributed by atoms with Crippen LogP contribution in [0.1, 0.15) is 0 Å². The van der Waals surface area contributed by atoms with Gasteiger partial charge in [0.2, 0.25) is 34.8 Å². The van der Waals surface area contributed by atoms with E-state index in [-0.39, 0.29) is 5.69 Å². The van der Waals surface area contributed by atoms with E-state index in [1.807, 2.05) is 0 Å². The predicted octanol–water partition coefficient (Wildman–Crippen LogP) is 3.79. The lowest BCUT2D eigenvalue weighted by Gasteiger charge is -2.10. The van der Waals surface area contributed by atoms with Gasteiger partial charge in [0.05, 0.1) is 5.69 Å². The van der Waals surface area contributed by atoms with Crippen molar-refractivity contribution in [2.24, 2.45) is 0 Å². The van der Waals surface area contributed by atoms with Gasteiger partial charge < -0.3 is 4.84 Å². The number of benzene rings is 2. The van der Waals surface area contributed by atoms with Crippen molar-refractivity contribution < 1.29 is 26.8 Å². The highest BCUT2D eigenvalue weighted by Gasteiger charge is 2.27. The molecule has 2 rings (SSSR count). The summed E-state index contributed by atoms with van der Waals surface area (Å²) in [6.07, 6.45) is 0. The molecule has 0 unspecified atom stereocenters. The summed E-state index contributed by atoms with van der Waals surface area (Å²) >= 11 is 0. The van der Waals surface area contributed by atoms with Gasteiger partial charge in [-0.2, -0.15) is 8.78 Å². The number of para-hydroxylation sites is 1. The molecule has 2 aromatic carbocycles. The van der Waals surface area contributed by atoms with Gasteiger partial charge in [0, 0.05) is 0 Å². The Morgan fingerprint density at radius 3 is 1.68 bits per heavy atom. The van der Waals surface area contributed by atoms with Crippen LogP contribution in [0, 0.1) is 29.1 Å². The third-order valence-electron chi connectivity index (χ3n) is 2.21. The average Bonchev–Trinajstić information content (AvgIpc) is 2.44. The number of rotatable bonds is 3. The molecule has 0 saturated heterocycles. The largest absolute Gasteiger partial charge is 0.376 e. The van der Waals surface area contributed by atoms with Gasteiger partial charge in [-0.05, 0) is 12.1 Å². The topological polar surface area (TPSA) is 21.3 Å². The molecule has 2 aromatic rings. The van der Waals surface area contributed by atoms with Crippen molar-refractivity contribution in [2.75, 3.05) is 5.48 Å². The second kappa shape index (κ2) is 5.13. The quantitative estimate of drug-likeness (QED) is 0.398. The van der Waals surface area contributed by atoms with E-state index in [0.717, 1.165) is 0 Å². The standard InChI is InChI=1S/C12H6F5NO/c13-7-8(14)10(16)12(11(17)9(7)15)19-18-6-4-2-1-3-5-6/h1-5,18H. The van der Waals surface area contributed by atoms with E-state index < -0.39 is 34.8 Å². The van der Waals surface area contributed by atoms with Crippen LogP contribution in [0.5, 0.6) is 5.75 Å². The minimum Gasteiger partial charge on any atom is -0.376 e. The van der Waals surface area contributed by atoms with E-state index in [2.05, 4.69) is 10.3 Å². The van der Waals surface area contributed by atoms with Crippen LogP contribution in [0.25, 0.3) is 0 Å². The molecule has 0 aliphatic carbocycles. The van der Waals surface area contributed by atoms with Crippen molar-refractivity contribution in [3.05, 3.63) is 59.4 Å². The summed E-state index contributed by atoms with van der Waals surface area (Å²) in [6, 6.07) is 7.80. The van der Waals surface area contributed by atoms with Gasteiger partial charge in [0.1, 0.15) is 0 Å². The Kier molecular flexibility index (Phi) is 3.55. The lowest BCUT2D eigenvalue weighted by molar-refractivity contribution is 0.307. The maximum atomic E-state index is 13.2. The van der Waals surface area contributed by atoms with Crippen LogP contribution in [-0.4, -0.2) is 0 Å². The average molecular weight is 275 g/mol. The maximum absolute atomic E-state index is 13.2. The summed E-state index contributed by atoms with van der Waals surface area (Å²) in [5.74, 6) is -11.8. The monoisotopic (exact) mass is 275 g/mol. The van der Waals surface area contributed by atoms with Crippen LogP contribution < -0.4 is 10.3 Å². The molecule has 19 heavy (non-hydrogen) atoms. The Morgan fingerprint density at radius 2 is 1.16 bits per heavy atom. The summed E-state index contributed by atoms with van der Waals surface area (Å²) in [5.41, 5.74) is 2.36. The highest BCUT2D eigenvalue weighted by molar-refractivity contribution is 5.41. The van der Waals surface area contributed by atoms with Crippen molar-refractivity contribution in [1.29, 1.82) is 0 Å². The molecule has 0 heterocycles. The summed E-state index contributed by atoms with van der Waals surface area (Å²) in [4.78, 5) is 4.42. The summed E-state index contributed by atoms with van der Waals surface area (Å²) in [7, 11) is 0. The minimum absolute atomic E-state index is 0.284. The molecule has 0 radical (unpaired) electrons. The van der Waals surface area contributed by atoms with Gasteiger partial charge in [-0.1, -0.05) is 18.2 Å². The van der Waals surface area contributed by atoms with Crippen LogP contribution in [0.4, 0.5) is 27.6 Å². The van der Waals surface area contributed by atoms with E-state index in [4.69, 9.17) is 0 Å². The molecule has 0 amide bonds. The molecule has 0 aliphatic rings. The fraction of sp³-hybridized carbons (Fsp3) is 0. The van der Waals surface area contributed by atoms with E-state index in [9.17, 15) is 22.0 Å². The summed E-state index contributed by atoms with van der Waals surface area (Å²) in [5, 5.41) is 0. The summed E-state index contributed by atoms with van der Waals surface area (Å²) < 4.78 is 64.9. The van der Waals surface area contributed by atoms with Gasteiger partial charge in [-0.15, -0.1) is 0 Å². The van der Waals surface area contributed by atoms with Gasteiger partial charge >= 0.3 is 0 Å². The zero-order valence-electron chi connectivity index (χ0n) is 9.18. The Hall–Kier alpha value is -2.31. The molecule has 2 nitrogen and oxygen atoms in total. The first-order valence-electron chi connectivity index (χ1n) is 5.01. The molecule has 0 spiro atoms. The molecule has 7 heteroatoms. The second-order valence-electron chi connectivity index (χ2n) is 3.47. The number of nitrogens with one attached hydrogen (secondary N) is 1. The Bertz CT molecular complexity index is 574.